The van der Waals surface area contributed by atoms with Crippen molar-refractivity contribution in [3.8, 4) is 0 Å². The molecule has 0 unspecified atom stereocenters. The van der Waals surface area contributed by atoms with Crippen molar-refractivity contribution < 1.29 is 4.79 Å². The number of ketones is 1. The molecule has 74 valence electrons. The first kappa shape index (κ1) is 8.53. The molecule has 3 heteroatoms. The molecule has 1 aromatic carbocycles. The average molecular weight is 198 g/mol. The van der Waals surface area contributed by atoms with Gasteiger partial charge in [-0.2, -0.15) is 0 Å². The van der Waals surface area contributed by atoms with E-state index in [4.69, 9.17) is 0 Å². The summed E-state index contributed by atoms with van der Waals surface area (Å²) in [5.41, 5.74) is 2.14. The molecular weight excluding hydrogens is 188 g/mol. The molecule has 0 aliphatic heterocycles. The van der Waals surface area contributed by atoms with Gasteiger partial charge in [0.1, 0.15) is 5.69 Å². The highest BCUT2D eigenvalue weighted by atomic mass is 16.1. The molecule has 1 aromatic heterocycles. The fourth-order valence-electron chi connectivity index (χ4n) is 1.63. The summed E-state index contributed by atoms with van der Waals surface area (Å²) < 4.78 is 0. The van der Waals surface area contributed by atoms with Gasteiger partial charge in [0.25, 0.3) is 0 Å². The summed E-state index contributed by atoms with van der Waals surface area (Å²) in [6.45, 7) is 0. The van der Waals surface area contributed by atoms with Gasteiger partial charge < -0.3 is 0 Å². The number of carbonyl (C=O) groups is 1. The lowest BCUT2D eigenvalue weighted by Crippen LogP contribution is -2.05. The Morgan fingerprint density at radius 3 is 2.67 bits per heavy atom. The average Bonchev–Trinajstić information content (AvgIpc) is 3.11. The second kappa shape index (κ2) is 3.12. The molecule has 0 saturated heterocycles. The number of fused-ring (bicyclic) bond motifs is 1. The van der Waals surface area contributed by atoms with E-state index >= 15 is 0 Å². The zero-order valence-corrected chi connectivity index (χ0v) is 8.18. The third kappa shape index (κ3) is 1.50. The standard InChI is InChI=1S/C12H10N2O/c15-12(8-5-6-8)11-7-13-9-3-1-2-4-10(9)14-11/h1-4,7-8H,5-6H2. The molecule has 1 saturated carbocycles. The highest BCUT2D eigenvalue weighted by molar-refractivity contribution is 5.98. The number of hydrogen-bond acceptors (Lipinski definition) is 3. The molecule has 0 spiro atoms. The molecule has 0 atom stereocenters. The number of nitrogens with zero attached hydrogens (tertiary/aromatic N) is 2. The number of para-hydroxylation sites is 2. The van der Waals surface area contributed by atoms with Gasteiger partial charge in [0.15, 0.2) is 5.78 Å². The molecule has 1 fully saturated rings. The molecule has 0 bridgehead atoms. The van der Waals surface area contributed by atoms with Gasteiger partial charge in [-0.25, -0.2) is 4.98 Å². The molecule has 1 aliphatic carbocycles. The Morgan fingerprint density at radius 2 is 1.93 bits per heavy atom. The number of benzene rings is 1. The van der Waals surface area contributed by atoms with Gasteiger partial charge in [0, 0.05) is 5.92 Å². The second-order valence-electron chi connectivity index (χ2n) is 3.88. The lowest BCUT2D eigenvalue weighted by atomic mass is 10.2. The second-order valence-corrected chi connectivity index (χ2v) is 3.88. The van der Waals surface area contributed by atoms with E-state index in [1.165, 1.54) is 0 Å². The summed E-state index contributed by atoms with van der Waals surface area (Å²) >= 11 is 0. The van der Waals surface area contributed by atoms with E-state index in [-0.39, 0.29) is 11.7 Å². The van der Waals surface area contributed by atoms with Crippen LogP contribution in [-0.2, 0) is 0 Å². The highest BCUT2D eigenvalue weighted by Gasteiger charge is 2.31. The largest absolute Gasteiger partial charge is 0.292 e. The molecule has 3 rings (SSSR count). The maximum atomic E-state index is 11.7. The summed E-state index contributed by atoms with van der Waals surface area (Å²) in [5.74, 6) is 0.355. The summed E-state index contributed by atoms with van der Waals surface area (Å²) in [5, 5.41) is 0. The maximum absolute atomic E-state index is 11.7. The van der Waals surface area contributed by atoms with Crippen LogP contribution in [0.2, 0.25) is 0 Å². The third-order valence-electron chi connectivity index (χ3n) is 2.65. The van der Waals surface area contributed by atoms with Gasteiger partial charge in [-0.3, -0.25) is 9.78 Å². The monoisotopic (exact) mass is 198 g/mol. The fraction of sp³-hybridized carbons (Fsp3) is 0.250. The number of aromatic nitrogens is 2. The Bertz CT molecular complexity index is 532. The first-order chi connectivity index (χ1) is 7.34. The van der Waals surface area contributed by atoms with E-state index in [0.29, 0.717) is 5.69 Å². The lowest BCUT2D eigenvalue weighted by Gasteiger charge is -1.99. The molecule has 0 amide bonds. The van der Waals surface area contributed by atoms with Crippen LogP contribution in [-0.4, -0.2) is 15.8 Å². The summed E-state index contributed by atoms with van der Waals surface area (Å²) in [7, 11) is 0. The van der Waals surface area contributed by atoms with Crippen molar-refractivity contribution in [2.24, 2.45) is 5.92 Å². The van der Waals surface area contributed by atoms with Gasteiger partial charge >= 0.3 is 0 Å². The van der Waals surface area contributed by atoms with E-state index in [0.717, 1.165) is 23.9 Å². The summed E-state index contributed by atoms with van der Waals surface area (Å²) in [6.07, 6.45) is 3.60. The van der Waals surface area contributed by atoms with E-state index in [1.54, 1.807) is 6.20 Å². The van der Waals surface area contributed by atoms with E-state index in [1.807, 2.05) is 24.3 Å². The van der Waals surface area contributed by atoms with E-state index in [9.17, 15) is 4.79 Å². The van der Waals surface area contributed by atoms with Crippen molar-refractivity contribution in [1.82, 2.24) is 9.97 Å². The maximum Gasteiger partial charge on any atom is 0.185 e. The summed E-state index contributed by atoms with van der Waals surface area (Å²) in [4.78, 5) is 20.3. The van der Waals surface area contributed by atoms with E-state index in [2.05, 4.69) is 9.97 Å². The summed E-state index contributed by atoms with van der Waals surface area (Å²) in [6, 6.07) is 7.60. The van der Waals surface area contributed by atoms with Crippen LogP contribution in [0.4, 0.5) is 0 Å². The minimum Gasteiger partial charge on any atom is -0.292 e. The van der Waals surface area contributed by atoms with Gasteiger partial charge in [0.05, 0.1) is 17.2 Å². The van der Waals surface area contributed by atoms with Crippen molar-refractivity contribution in [2.75, 3.05) is 0 Å². The van der Waals surface area contributed by atoms with Crippen LogP contribution in [0.25, 0.3) is 11.0 Å². The highest BCUT2D eigenvalue weighted by Crippen LogP contribution is 2.32. The topological polar surface area (TPSA) is 42.9 Å². The van der Waals surface area contributed by atoms with Crippen molar-refractivity contribution in [1.29, 1.82) is 0 Å². The minimum absolute atomic E-state index is 0.147. The molecule has 0 radical (unpaired) electrons. The van der Waals surface area contributed by atoms with Gasteiger partial charge in [-0.1, -0.05) is 12.1 Å². The molecule has 2 aromatic rings. The van der Waals surface area contributed by atoms with Crippen LogP contribution >= 0.6 is 0 Å². The fourth-order valence-corrected chi connectivity index (χ4v) is 1.63. The van der Waals surface area contributed by atoms with Crippen LogP contribution < -0.4 is 0 Å². The van der Waals surface area contributed by atoms with Crippen molar-refractivity contribution in [3.63, 3.8) is 0 Å². The van der Waals surface area contributed by atoms with Gasteiger partial charge in [-0.15, -0.1) is 0 Å². The Morgan fingerprint density at radius 1 is 1.20 bits per heavy atom. The number of carbonyl (C=O) groups excluding carboxylic acids is 1. The van der Waals surface area contributed by atoms with Crippen molar-refractivity contribution in [2.45, 2.75) is 12.8 Å². The zero-order valence-electron chi connectivity index (χ0n) is 8.18. The SMILES string of the molecule is O=C(c1cnc2ccccc2n1)C1CC1. The van der Waals surface area contributed by atoms with Crippen molar-refractivity contribution in [3.05, 3.63) is 36.2 Å². The third-order valence-corrected chi connectivity index (χ3v) is 2.65. The van der Waals surface area contributed by atoms with Crippen LogP contribution in [0, 0.1) is 5.92 Å². The predicted molar refractivity (Wildman–Crippen MR) is 56.6 cm³/mol. The molecule has 1 aliphatic rings. The predicted octanol–water partition coefficient (Wildman–Crippen LogP) is 2.22. The number of hydrogen-bond donors (Lipinski definition) is 0. The van der Waals surface area contributed by atoms with Crippen LogP contribution in [0.5, 0.6) is 0 Å². The Balaban J connectivity index is 2.09. The molecule has 0 N–H and O–H groups in total. The van der Waals surface area contributed by atoms with Crippen LogP contribution in [0.3, 0.4) is 0 Å². The van der Waals surface area contributed by atoms with E-state index < -0.39 is 0 Å². The Labute approximate surface area is 87.2 Å². The van der Waals surface area contributed by atoms with Gasteiger partial charge in [0.2, 0.25) is 0 Å². The smallest absolute Gasteiger partial charge is 0.185 e. The molecular formula is C12H10N2O. The number of Topliss-reactive ketones (excluding diaryl/α,β-unsaturated/α-hetero) is 1. The first-order valence-corrected chi connectivity index (χ1v) is 5.10. The molecule has 15 heavy (non-hydrogen) atoms. The Kier molecular flexibility index (Phi) is 1.78. The lowest BCUT2D eigenvalue weighted by molar-refractivity contribution is 0.0963. The number of rotatable bonds is 2. The quantitative estimate of drug-likeness (QED) is 0.695. The normalized spacial score (nSPS) is 15.5. The molecule has 3 nitrogen and oxygen atoms in total. The zero-order chi connectivity index (χ0) is 10.3. The molecule has 1 heterocycles. The van der Waals surface area contributed by atoms with Crippen LogP contribution in [0.1, 0.15) is 23.3 Å². The van der Waals surface area contributed by atoms with Crippen LogP contribution in [0.15, 0.2) is 30.5 Å². The minimum atomic E-state index is 0.147. The first-order valence-electron chi connectivity index (χ1n) is 5.10. The van der Waals surface area contributed by atoms with Crippen molar-refractivity contribution >= 4 is 16.8 Å². The van der Waals surface area contributed by atoms with Gasteiger partial charge in [-0.05, 0) is 25.0 Å². The Hall–Kier alpha value is -1.77.